The number of pyridine rings is 1. The molecule has 2 aliphatic rings. The maximum Gasteiger partial charge on any atom is 0.268 e. The molecule has 1 saturated carbocycles. The van der Waals surface area contributed by atoms with Gasteiger partial charge in [0.05, 0.1) is 29.0 Å². The summed E-state index contributed by atoms with van der Waals surface area (Å²) in [6.07, 6.45) is 3.20. The lowest BCUT2D eigenvalue weighted by Gasteiger charge is -2.18. The van der Waals surface area contributed by atoms with E-state index in [1.807, 2.05) is 4.90 Å². The first-order valence-corrected chi connectivity index (χ1v) is 16.0. The summed E-state index contributed by atoms with van der Waals surface area (Å²) in [5.41, 5.74) is -0.323. The van der Waals surface area contributed by atoms with E-state index in [2.05, 4.69) is 4.98 Å². The molecule has 1 aliphatic heterocycles. The maximum absolute atomic E-state index is 15.0. The molecule has 0 unspecified atom stereocenters. The Balaban J connectivity index is 1.18. The maximum atomic E-state index is 15.0. The fourth-order valence-electron chi connectivity index (χ4n) is 4.70. The highest BCUT2D eigenvalue weighted by Crippen LogP contribution is 2.31. The quantitative estimate of drug-likeness (QED) is 0.258. The van der Waals surface area contributed by atoms with Crippen LogP contribution in [0.3, 0.4) is 0 Å². The van der Waals surface area contributed by atoms with Crippen LogP contribution in [-0.2, 0) is 10.0 Å². The topological polar surface area (TPSA) is 107 Å². The molecule has 13 heteroatoms. The molecule has 1 N–H and O–H groups in total. The molecule has 2 fully saturated rings. The molecule has 2 atom stereocenters. The minimum atomic E-state index is -4.42. The molecule has 5 rings (SSSR count). The largest absolute Gasteiger partial charge is 0.492 e. The highest BCUT2D eigenvalue weighted by Gasteiger charge is 2.26. The number of likely N-dealkylation sites (tertiary alicyclic amines) is 1. The summed E-state index contributed by atoms with van der Waals surface area (Å²) >= 11 is 0. The van der Waals surface area contributed by atoms with Crippen LogP contribution >= 0.6 is 0 Å². The van der Waals surface area contributed by atoms with Crippen molar-refractivity contribution in [3.8, 4) is 17.2 Å². The van der Waals surface area contributed by atoms with Gasteiger partial charge < -0.3 is 14.2 Å². The highest BCUT2D eigenvalue weighted by atomic mass is 32.2. The molecule has 236 valence electrons. The molecule has 1 aliphatic carbocycles. The van der Waals surface area contributed by atoms with Crippen LogP contribution in [0.5, 0.6) is 17.2 Å². The third kappa shape index (κ3) is 8.00. The fourth-order valence-corrected chi connectivity index (χ4v) is 5.67. The van der Waals surface area contributed by atoms with E-state index in [1.54, 1.807) is 30.0 Å². The second-order valence-corrected chi connectivity index (χ2v) is 12.6. The fraction of sp³-hybridized carbons (Fsp3) is 0.419. The molecule has 0 spiro atoms. The molecule has 3 aromatic rings. The van der Waals surface area contributed by atoms with E-state index in [0.29, 0.717) is 62.2 Å². The van der Waals surface area contributed by atoms with Gasteiger partial charge in [0.1, 0.15) is 30.4 Å². The van der Waals surface area contributed by atoms with Gasteiger partial charge in [-0.2, -0.15) is 4.39 Å². The van der Waals surface area contributed by atoms with Gasteiger partial charge in [0.15, 0.2) is 11.6 Å². The highest BCUT2D eigenvalue weighted by molar-refractivity contribution is 7.90. The van der Waals surface area contributed by atoms with E-state index >= 15 is 0 Å². The molecule has 1 aromatic heterocycles. The van der Waals surface area contributed by atoms with Gasteiger partial charge in [0.2, 0.25) is 5.82 Å². The number of nitrogens with zero attached hydrogens (tertiary/aromatic N) is 2. The minimum absolute atomic E-state index is 0.277. The Hall–Kier alpha value is -3.84. The summed E-state index contributed by atoms with van der Waals surface area (Å²) in [5, 5.41) is 0. The molecule has 44 heavy (non-hydrogen) atoms. The van der Waals surface area contributed by atoms with Crippen LogP contribution in [0.1, 0.15) is 54.8 Å². The standard InChI is InChI=1S/C31H34F3N3O6S/c1-2-27(26-11-7-23(17-35-26)42-19-20-3-4-20)43-28-12-10-25(29(33)30(28)34)31(38)36-44(39,40)24-8-5-22(6-9-24)41-16-15-37-14-13-21(32)18-37/h5-12,17,20-21,27H,2-4,13-16,18-19H2,1H3,(H,36,38)/t21-,27+/m0/s1. The monoisotopic (exact) mass is 633 g/mol. The van der Waals surface area contributed by atoms with E-state index in [-0.39, 0.29) is 11.5 Å². The molecular formula is C31H34F3N3O6S. The number of hydrogen-bond acceptors (Lipinski definition) is 8. The van der Waals surface area contributed by atoms with E-state index in [4.69, 9.17) is 14.2 Å². The van der Waals surface area contributed by atoms with Gasteiger partial charge in [-0.15, -0.1) is 0 Å². The van der Waals surface area contributed by atoms with Crippen molar-refractivity contribution >= 4 is 15.9 Å². The van der Waals surface area contributed by atoms with Gasteiger partial charge in [0, 0.05) is 19.6 Å². The lowest BCUT2D eigenvalue weighted by Crippen LogP contribution is -2.31. The normalized spacial score (nSPS) is 17.7. The number of alkyl halides is 1. The minimum Gasteiger partial charge on any atom is -0.492 e. The SMILES string of the molecule is CC[C@@H](Oc1ccc(C(=O)NS(=O)(=O)c2ccc(OCCN3CC[C@H](F)C3)cc2)c(F)c1F)c1ccc(OCC2CC2)cn1. The second-order valence-electron chi connectivity index (χ2n) is 10.9. The number of carbonyl (C=O) groups is 1. The number of aromatic nitrogens is 1. The number of carbonyl (C=O) groups excluding carboxylic acids is 1. The number of nitrogens with one attached hydrogen (secondary N) is 1. The molecule has 0 bridgehead atoms. The Morgan fingerprint density at radius 2 is 1.77 bits per heavy atom. The Morgan fingerprint density at radius 1 is 1.02 bits per heavy atom. The van der Waals surface area contributed by atoms with Crippen LogP contribution in [0, 0.1) is 17.6 Å². The smallest absolute Gasteiger partial charge is 0.268 e. The first-order chi connectivity index (χ1) is 21.1. The third-order valence-electron chi connectivity index (χ3n) is 7.46. The van der Waals surface area contributed by atoms with Gasteiger partial charge in [-0.1, -0.05) is 6.92 Å². The van der Waals surface area contributed by atoms with Crippen LogP contribution in [0.2, 0.25) is 0 Å². The summed E-state index contributed by atoms with van der Waals surface area (Å²) in [6.45, 7) is 4.26. The zero-order valence-corrected chi connectivity index (χ0v) is 25.0. The van der Waals surface area contributed by atoms with Crippen LogP contribution < -0.4 is 18.9 Å². The van der Waals surface area contributed by atoms with Gasteiger partial charge in [0.25, 0.3) is 15.9 Å². The van der Waals surface area contributed by atoms with Crippen molar-refractivity contribution in [3.05, 3.63) is 77.6 Å². The first kappa shape index (κ1) is 31.6. The number of sulfonamides is 1. The van der Waals surface area contributed by atoms with Crippen molar-refractivity contribution in [1.29, 1.82) is 0 Å². The number of rotatable bonds is 14. The van der Waals surface area contributed by atoms with E-state index < -0.39 is 51.2 Å². The van der Waals surface area contributed by atoms with Crippen molar-refractivity contribution in [3.63, 3.8) is 0 Å². The molecule has 0 radical (unpaired) electrons. The van der Waals surface area contributed by atoms with Crippen molar-refractivity contribution in [2.45, 2.75) is 49.8 Å². The van der Waals surface area contributed by atoms with Crippen LogP contribution in [0.4, 0.5) is 13.2 Å². The average molecular weight is 634 g/mol. The molecular weight excluding hydrogens is 599 g/mol. The van der Waals surface area contributed by atoms with Crippen molar-refractivity contribution < 1.29 is 40.6 Å². The molecule has 2 aromatic carbocycles. The van der Waals surface area contributed by atoms with E-state index in [1.165, 1.54) is 24.3 Å². The summed E-state index contributed by atoms with van der Waals surface area (Å²) in [7, 11) is -4.42. The number of ether oxygens (including phenoxy) is 3. The first-order valence-electron chi connectivity index (χ1n) is 14.5. The summed E-state index contributed by atoms with van der Waals surface area (Å²) in [6, 6.07) is 10.7. The Labute approximate surface area is 254 Å². The zero-order valence-electron chi connectivity index (χ0n) is 24.2. The van der Waals surface area contributed by atoms with Crippen molar-refractivity contribution in [1.82, 2.24) is 14.6 Å². The number of hydrogen-bond donors (Lipinski definition) is 1. The predicted molar refractivity (Wildman–Crippen MR) is 155 cm³/mol. The molecule has 1 saturated heterocycles. The summed E-state index contributed by atoms with van der Waals surface area (Å²) in [5.74, 6) is -3.21. The Bertz CT molecular complexity index is 1550. The summed E-state index contributed by atoms with van der Waals surface area (Å²) in [4.78, 5) is 18.7. The number of amides is 1. The van der Waals surface area contributed by atoms with E-state index in [9.17, 15) is 26.4 Å². The van der Waals surface area contributed by atoms with Gasteiger partial charge >= 0.3 is 0 Å². The number of halogens is 3. The summed E-state index contributed by atoms with van der Waals surface area (Å²) < 4.78 is 87.5. The van der Waals surface area contributed by atoms with Gasteiger partial charge in [-0.25, -0.2) is 21.9 Å². The van der Waals surface area contributed by atoms with Crippen LogP contribution in [-0.4, -0.2) is 63.2 Å². The van der Waals surface area contributed by atoms with Crippen molar-refractivity contribution in [2.75, 3.05) is 32.8 Å². The third-order valence-corrected chi connectivity index (χ3v) is 8.80. The predicted octanol–water partition coefficient (Wildman–Crippen LogP) is 5.22. The number of benzene rings is 2. The molecule has 9 nitrogen and oxygen atoms in total. The zero-order chi connectivity index (χ0) is 31.3. The molecule has 2 heterocycles. The lowest BCUT2D eigenvalue weighted by atomic mass is 10.1. The Morgan fingerprint density at radius 3 is 2.41 bits per heavy atom. The van der Waals surface area contributed by atoms with Gasteiger partial charge in [-0.3, -0.25) is 14.7 Å². The van der Waals surface area contributed by atoms with E-state index in [0.717, 1.165) is 25.0 Å². The van der Waals surface area contributed by atoms with Gasteiger partial charge in [-0.05, 0) is 80.1 Å². The molecule has 1 amide bonds. The van der Waals surface area contributed by atoms with Crippen LogP contribution in [0.15, 0.2) is 59.6 Å². The average Bonchev–Trinajstić information content (AvgIpc) is 3.76. The van der Waals surface area contributed by atoms with Crippen LogP contribution in [0.25, 0.3) is 0 Å². The van der Waals surface area contributed by atoms with Crippen molar-refractivity contribution in [2.24, 2.45) is 5.92 Å². The lowest BCUT2D eigenvalue weighted by molar-refractivity contribution is 0.0976. The second kappa shape index (κ2) is 13.9. The Kier molecular flexibility index (Phi) is 9.94.